The molecule has 0 spiro atoms. The van der Waals surface area contributed by atoms with Gasteiger partial charge in [-0.1, -0.05) is 12.1 Å². The lowest BCUT2D eigenvalue weighted by molar-refractivity contribution is 0.0694. The molecule has 0 fully saturated rings. The number of para-hydroxylation sites is 1. The highest BCUT2D eigenvalue weighted by molar-refractivity contribution is 5.97. The molecule has 0 atom stereocenters. The smallest absolute Gasteiger partial charge is 0.339 e. The summed E-state index contributed by atoms with van der Waals surface area (Å²) in [6.07, 6.45) is 3.25. The average Bonchev–Trinajstić information content (AvgIpc) is 2.12. The molecule has 70 valence electrons. The van der Waals surface area contributed by atoms with E-state index in [1.54, 1.807) is 30.5 Å². The number of carboxylic acid groups (broad SMARTS) is 1. The summed E-state index contributed by atoms with van der Waals surface area (Å²) in [5.74, 6) is -0.272. The molecule has 0 aliphatic carbocycles. The Hall–Kier alpha value is -2.10. The number of benzene rings is 1. The van der Waals surface area contributed by atoms with Crippen LogP contribution in [0, 0.1) is 0 Å². The van der Waals surface area contributed by atoms with Crippen LogP contribution < -0.4 is 4.74 Å². The van der Waals surface area contributed by atoms with Gasteiger partial charge in [0.25, 0.3) is 0 Å². The second-order valence-corrected chi connectivity index (χ2v) is 2.69. The van der Waals surface area contributed by atoms with Crippen LogP contribution in [0.25, 0.3) is 0 Å². The Morgan fingerprint density at radius 3 is 2.64 bits per heavy atom. The predicted octanol–water partition coefficient (Wildman–Crippen LogP) is 1.69. The van der Waals surface area contributed by atoms with Crippen molar-refractivity contribution in [3.05, 3.63) is 42.1 Å². The van der Waals surface area contributed by atoms with Gasteiger partial charge < -0.3 is 9.84 Å². The second kappa shape index (κ2) is 3.33. The summed E-state index contributed by atoms with van der Waals surface area (Å²) in [6.45, 7) is 0. The van der Waals surface area contributed by atoms with Crippen molar-refractivity contribution in [3.8, 4) is 5.75 Å². The molecule has 0 bridgehead atoms. The lowest BCUT2D eigenvalue weighted by Gasteiger charge is -2.10. The molecule has 4 heteroatoms. The lowest BCUT2D eigenvalue weighted by atomic mass is 10.2. The topological polar surface area (TPSA) is 58.9 Å². The van der Waals surface area contributed by atoms with Crippen molar-refractivity contribution in [1.29, 1.82) is 0 Å². The molecular formula is C10H7NO3. The number of aromatic carboxylic acids is 1. The van der Waals surface area contributed by atoms with Crippen molar-refractivity contribution in [3.63, 3.8) is 0 Å². The molecule has 4 nitrogen and oxygen atoms in total. The first kappa shape index (κ1) is 8.50. The van der Waals surface area contributed by atoms with Gasteiger partial charge in [-0.05, 0) is 12.1 Å². The molecule has 0 saturated carbocycles. The van der Waals surface area contributed by atoms with Gasteiger partial charge in [0.2, 0.25) is 5.90 Å². The predicted molar refractivity (Wildman–Crippen MR) is 50.6 cm³/mol. The van der Waals surface area contributed by atoms with Crippen molar-refractivity contribution in [2.75, 3.05) is 0 Å². The molecule has 1 aromatic rings. The van der Waals surface area contributed by atoms with Crippen molar-refractivity contribution < 1.29 is 14.6 Å². The normalized spacial score (nSPS) is 13.0. The summed E-state index contributed by atoms with van der Waals surface area (Å²) in [5, 5.41) is 8.83. The Bertz CT molecular complexity index is 435. The van der Waals surface area contributed by atoms with Gasteiger partial charge in [0.1, 0.15) is 11.3 Å². The van der Waals surface area contributed by atoms with Crippen LogP contribution >= 0.6 is 0 Å². The zero-order valence-electron chi connectivity index (χ0n) is 7.18. The molecule has 1 heterocycles. The number of nitrogens with zero attached hydrogens (tertiary/aromatic N) is 1. The molecule has 0 unspecified atom stereocenters. The maximum absolute atomic E-state index is 10.8. The summed E-state index contributed by atoms with van der Waals surface area (Å²) in [5.41, 5.74) is 0.135. The van der Waals surface area contributed by atoms with Gasteiger partial charge in [0.15, 0.2) is 0 Å². The number of carboxylic acids is 1. The molecule has 0 aromatic heterocycles. The van der Waals surface area contributed by atoms with Gasteiger partial charge >= 0.3 is 5.97 Å². The molecule has 1 N–H and O–H groups in total. The van der Waals surface area contributed by atoms with Gasteiger partial charge in [0, 0.05) is 12.3 Å². The number of rotatable bonds is 2. The number of aliphatic imine (C=N–C) groups is 1. The van der Waals surface area contributed by atoms with E-state index >= 15 is 0 Å². The van der Waals surface area contributed by atoms with Gasteiger partial charge in [-0.15, -0.1) is 0 Å². The minimum atomic E-state index is -1.01. The van der Waals surface area contributed by atoms with E-state index in [0.717, 1.165) is 0 Å². The minimum absolute atomic E-state index is 0.135. The summed E-state index contributed by atoms with van der Waals surface area (Å²) >= 11 is 0. The van der Waals surface area contributed by atoms with E-state index in [-0.39, 0.29) is 5.56 Å². The zero-order valence-corrected chi connectivity index (χ0v) is 7.18. The largest absolute Gasteiger partial charge is 0.478 e. The van der Waals surface area contributed by atoms with Gasteiger partial charge in [-0.2, -0.15) is 0 Å². The maximum Gasteiger partial charge on any atom is 0.339 e. The minimum Gasteiger partial charge on any atom is -0.478 e. The van der Waals surface area contributed by atoms with E-state index in [9.17, 15) is 4.79 Å². The number of hydrogen-bond donors (Lipinski definition) is 1. The Balaban J connectivity index is 2.27. The highest BCUT2D eigenvalue weighted by Gasteiger charge is 2.12. The number of hydrogen-bond acceptors (Lipinski definition) is 3. The molecular weight excluding hydrogens is 182 g/mol. The molecule has 0 radical (unpaired) electrons. The summed E-state index contributed by atoms with van der Waals surface area (Å²) in [6, 6.07) is 6.44. The molecule has 1 aliphatic rings. The van der Waals surface area contributed by atoms with Crippen LogP contribution in [-0.4, -0.2) is 17.0 Å². The second-order valence-electron chi connectivity index (χ2n) is 2.69. The number of carbonyl (C=O) groups is 1. The Kier molecular flexibility index (Phi) is 2.02. The van der Waals surface area contributed by atoms with Crippen molar-refractivity contribution in [2.24, 2.45) is 4.99 Å². The fraction of sp³-hybridized carbons (Fsp3) is 0. The Morgan fingerprint density at radius 2 is 2.07 bits per heavy atom. The summed E-state index contributed by atoms with van der Waals surface area (Å²) in [7, 11) is 0. The molecule has 0 amide bonds. The van der Waals surface area contributed by atoms with E-state index in [4.69, 9.17) is 9.84 Å². The Labute approximate surface area is 80.2 Å². The van der Waals surface area contributed by atoms with E-state index < -0.39 is 5.97 Å². The van der Waals surface area contributed by atoms with E-state index in [2.05, 4.69) is 4.99 Å². The van der Waals surface area contributed by atoms with Crippen LogP contribution in [0.3, 0.4) is 0 Å². The standard InChI is InChI=1S/C10H7NO3/c12-10(13)7-3-1-2-4-8(7)14-9-5-6-11-9/h1-6H,(H,12,13). The van der Waals surface area contributed by atoms with Crippen LogP contribution in [0.15, 0.2) is 41.5 Å². The van der Waals surface area contributed by atoms with Gasteiger partial charge in [-0.25, -0.2) is 9.79 Å². The van der Waals surface area contributed by atoms with Crippen LogP contribution in [0.1, 0.15) is 10.4 Å². The molecule has 1 aliphatic heterocycles. The third kappa shape index (κ3) is 1.50. The summed E-state index contributed by atoms with van der Waals surface area (Å²) < 4.78 is 5.23. The molecule has 1 aromatic carbocycles. The highest BCUT2D eigenvalue weighted by atomic mass is 16.5. The third-order valence-electron chi connectivity index (χ3n) is 1.75. The van der Waals surface area contributed by atoms with Crippen molar-refractivity contribution in [1.82, 2.24) is 0 Å². The van der Waals surface area contributed by atoms with Crippen LogP contribution in [0.4, 0.5) is 0 Å². The van der Waals surface area contributed by atoms with Gasteiger partial charge in [-0.3, -0.25) is 0 Å². The van der Waals surface area contributed by atoms with Crippen LogP contribution in [-0.2, 0) is 0 Å². The molecule has 14 heavy (non-hydrogen) atoms. The van der Waals surface area contributed by atoms with Crippen molar-refractivity contribution in [2.45, 2.75) is 0 Å². The third-order valence-corrected chi connectivity index (χ3v) is 1.75. The average molecular weight is 189 g/mol. The first-order chi connectivity index (χ1) is 6.77. The molecule has 0 saturated heterocycles. The lowest BCUT2D eigenvalue weighted by Crippen LogP contribution is -2.11. The fourth-order valence-electron chi connectivity index (χ4n) is 1.04. The Morgan fingerprint density at radius 1 is 1.36 bits per heavy atom. The first-order valence-electron chi connectivity index (χ1n) is 4.02. The quantitative estimate of drug-likeness (QED) is 0.770. The van der Waals surface area contributed by atoms with E-state index in [0.29, 0.717) is 11.6 Å². The van der Waals surface area contributed by atoms with Crippen LogP contribution in [0.5, 0.6) is 5.75 Å². The fourth-order valence-corrected chi connectivity index (χ4v) is 1.04. The monoisotopic (exact) mass is 189 g/mol. The molecule has 2 rings (SSSR count). The highest BCUT2D eigenvalue weighted by Crippen LogP contribution is 2.19. The number of ether oxygens (including phenoxy) is 1. The first-order valence-corrected chi connectivity index (χ1v) is 4.02. The van der Waals surface area contributed by atoms with E-state index in [1.807, 2.05) is 0 Å². The van der Waals surface area contributed by atoms with E-state index in [1.165, 1.54) is 6.07 Å². The summed E-state index contributed by atoms with van der Waals surface area (Å²) in [4.78, 5) is 14.6. The van der Waals surface area contributed by atoms with Crippen LogP contribution in [0.2, 0.25) is 0 Å². The maximum atomic E-state index is 10.8. The van der Waals surface area contributed by atoms with Gasteiger partial charge in [0.05, 0.1) is 0 Å². The zero-order chi connectivity index (χ0) is 9.97. The SMILES string of the molecule is O=C(O)c1ccccc1OC1=NC=C1. The van der Waals surface area contributed by atoms with Crippen molar-refractivity contribution >= 4 is 11.9 Å².